The summed E-state index contributed by atoms with van der Waals surface area (Å²) >= 11 is 6.28. The smallest absolute Gasteiger partial charge is 0.314 e. The molecule has 0 fully saturated rings. The third kappa shape index (κ3) is 2.24. The minimum absolute atomic E-state index is 0.111. The zero-order valence-corrected chi connectivity index (χ0v) is 13.2. The quantitative estimate of drug-likeness (QED) is 0.644. The molecule has 0 saturated carbocycles. The third-order valence-electron chi connectivity index (χ3n) is 4.17. The molecule has 114 valence electrons. The summed E-state index contributed by atoms with van der Waals surface area (Å²) in [6.07, 6.45) is 0.632. The van der Waals surface area contributed by atoms with Crippen molar-refractivity contribution in [1.82, 2.24) is 4.57 Å². The summed E-state index contributed by atoms with van der Waals surface area (Å²) in [5, 5.41) is 0.386. The molecule has 0 spiro atoms. The van der Waals surface area contributed by atoms with E-state index in [1.54, 1.807) is 12.1 Å². The van der Waals surface area contributed by atoms with E-state index in [9.17, 15) is 9.59 Å². The molecule has 1 aliphatic rings. The number of benzene rings is 1. The van der Waals surface area contributed by atoms with Crippen molar-refractivity contribution in [2.75, 3.05) is 7.11 Å². The molecule has 0 aliphatic carbocycles. The molecule has 1 aromatic heterocycles. The van der Waals surface area contributed by atoms with Gasteiger partial charge in [-0.3, -0.25) is 9.59 Å². The molecule has 1 aromatic carbocycles. The Hall–Kier alpha value is -2.07. The first kappa shape index (κ1) is 14.9. The van der Waals surface area contributed by atoms with Gasteiger partial charge in [0.25, 0.3) is 0 Å². The lowest BCUT2D eigenvalue weighted by atomic mass is 10.0. The lowest BCUT2D eigenvalue weighted by Crippen LogP contribution is -2.12. The van der Waals surface area contributed by atoms with Gasteiger partial charge in [-0.15, -0.1) is 0 Å². The third-order valence-corrected chi connectivity index (χ3v) is 4.46. The SMILES string of the molecule is COC(=O)C1CCn2c1cc(Cl)c2C(=O)c1ccccc1C. The molecule has 22 heavy (non-hydrogen) atoms. The van der Waals surface area contributed by atoms with Crippen molar-refractivity contribution in [3.8, 4) is 0 Å². The van der Waals surface area contributed by atoms with Crippen LogP contribution in [0.4, 0.5) is 0 Å². The highest BCUT2D eigenvalue weighted by Crippen LogP contribution is 2.36. The van der Waals surface area contributed by atoms with E-state index in [4.69, 9.17) is 16.3 Å². The highest BCUT2D eigenvalue weighted by atomic mass is 35.5. The van der Waals surface area contributed by atoms with Gasteiger partial charge in [0.1, 0.15) is 5.69 Å². The number of rotatable bonds is 3. The molecule has 1 atom stereocenters. The molecule has 2 heterocycles. The van der Waals surface area contributed by atoms with Crippen LogP contribution in [0, 0.1) is 6.92 Å². The van der Waals surface area contributed by atoms with Gasteiger partial charge in [0, 0.05) is 17.8 Å². The van der Waals surface area contributed by atoms with E-state index in [0.29, 0.717) is 29.2 Å². The van der Waals surface area contributed by atoms with Crippen LogP contribution in [0.2, 0.25) is 5.02 Å². The summed E-state index contributed by atoms with van der Waals surface area (Å²) in [6.45, 7) is 2.49. The van der Waals surface area contributed by atoms with Gasteiger partial charge in [0.15, 0.2) is 0 Å². The molecule has 5 heteroatoms. The number of hydrogen-bond donors (Lipinski definition) is 0. The van der Waals surface area contributed by atoms with Gasteiger partial charge >= 0.3 is 5.97 Å². The molecule has 0 amide bonds. The average molecular weight is 318 g/mol. The maximum atomic E-state index is 12.8. The lowest BCUT2D eigenvalue weighted by molar-refractivity contribution is -0.142. The van der Waals surface area contributed by atoms with Crippen molar-refractivity contribution in [3.05, 3.63) is 57.9 Å². The minimum atomic E-state index is -0.346. The lowest BCUT2D eigenvalue weighted by Gasteiger charge is -2.08. The first-order valence-corrected chi connectivity index (χ1v) is 7.49. The molecule has 4 nitrogen and oxygen atoms in total. The topological polar surface area (TPSA) is 48.3 Å². The van der Waals surface area contributed by atoms with Crippen molar-refractivity contribution in [3.63, 3.8) is 0 Å². The Morgan fingerprint density at radius 3 is 2.73 bits per heavy atom. The van der Waals surface area contributed by atoms with E-state index >= 15 is 0 Å². The summed E-state index contributed by atoms with van der Waals surface area (Å²) in [6, 6.07) is 9.12. The summed E-state index contributed by atoms with van der Waals surface area (Å²) in [5.41, 5.74) is 2.75. The molecule has 0 radical (unpaired) electrons. The fourth-order valence-corrected chi connectivity index (χ4v) is 3.34. The maximum Gasteiger partial charge on any atom is 0.314 e. The van der Waals surface area contributed by atoms with Crippen LogP contribution in [0.1, 0.15) is 39.6 Å². The molecule has 1 unspecified atom stereocenters. The molecule has 1 aliphatic heterocycles. The highest BCUT2D eigenvalue weighted by molar-refractivity contribution is 6.35. The van der Waals surface area contributed by atoms with Crippen molar-refractivity contribution in [2.45, 2.75) is 25.8 Å². The van der Waals surface area contributed by atoms with E-state index in [1.807, 2.05) is 29.7 Å². The number of methoxy groups -OCH3 is 1. The Labute approximate surface area is 133 Å². The molecule has 0 bridgehead atoms. The number of fused-ring (bicyclic) bond motifs is 1. The van der Waals surface area contributed by atoms with Crippen LogP contribution >= 0.6 is 11.6 Å². The number of halogens is 1. The van der Waals surface area contributed by atoms with Gasteiger partial charge in [-0.1, -0.05) is 35.9 Å². The molecule has 0 N–H and O–H groups in total. The van der Waals surface area contributed by atoms with Gasteiger partial charge in [-0.2, -0.15) is 0 Å². The number of ketones is 1. The van der Waals surface area contributed by atoms with E-state index in [0.717, 1.165) is 11.3 Å². The number of esters is 1. The van der Waals surface area contributed by atoms with E-state index < -0.39 is 0 Å². The fraction of sp³-hybridized carbons (Fsp3) is 0.294. The molecule has 3 rings (SSSR count). The average Bonchev–Trinajstić information content (AvgIpc) is 3.04. The van der Waals surface area contributed by atoms with Crippen LogP contribution in [0.5, 0.6) is 0 Å². The summed E-state index contributed by atoms with van der Waals surface area (Å²) in [4.78, 5) is 24.7. The fourth-order valence-electron chi connectivity index (χ4n) is 3.04. The Morgan fingerprint density at radius 2 is 2.05 bits per heavy atom. The summed E-state index contributed by atoms with van der Waals surface area (Å²) in [5.74, 6) is -0.747. The van der Waals surface area contributed by atoms with Crippen LogP contribution in [-0.4, -0.2) is 23.4 Å². The van der Waals surface area contributed by atoms with Crippen molar-refractivity contribution >= 4 is 23.4 Å². The van der Waals surface area contributed by atoms with Crippen LogP contribution in [0.25, 0.3) is 0 Å². The van der Waals surface area contributed by atoms with Gasteiger partial charge in [-0.05, 0) is 25.0 Å². The minimum Gasteiger partial charge on any atom is -0.469 e. The predicted molar refractivity (Wildman–Crippen MR) is 83.4 cm³/mol. The van der Waals surface area contributed by atoms with E-state index in [2.05, 4.69) is 0 Å². The van der Waals surface area contributed by atoms with Gasteiger partial charge in [0.05, 0.1) is 18.1 Å². The molecule has 0 saturated heterocycles. The van der Waals surface area contributed by atoms with E-state index in [-0.39, 0.29) is 17.7 Å². The summed E-state index contributed by atoms with van der Waals surface area (Å²) < 4.78 is 6.67. The number of carbonyl (C=O) groups is 2. The Bertz CT molecular complexity index is 763. The maximum absolute atomic E-state index is 12.8. The largest absolute Gasteiger partial charge is 0.469 e. The number of aromatic nitrogens is 1. The standard InChI is InChI=1S/C17H16ClNO3/c1-10-5-3-4-6-11(10)16(20)15-13(18)9-14-12(17(21)22-2)7-8-19(14)15/h3-6,9,12H,7-8H2,1-2H3. The van der Waals surface area contributed by atoms with Gasteiger partial charge in [0.2, 0.25) is 5.78 Å². The molecular formula is C17H16ClNO3. The van der Waals surface area contributed by atoms with Crippen LogP contribution < -0.4 is 0 Å². The number of carbonyl (C=O) groups excluding carboxylic acids is 2. The number of aryl methyl sites for hydroxylation is 1. The summed E-state index contributed by atoms with van der Waals surface area (Å²) in [7, 11) is 1.37. The normalized spacial score (nSPS) is 16.4. The number of hydrogen-bond acceptors (Lipinski definition) is 3. The number of nitrogens with zero attached hydrogens (tertiary/aromatic N) is 1. The molecular weight excluding hydrogens is 302 g/mol. The van der Waals surface area contributed by atoms with Gasteiger partial charge < -0.3 is 9.30 Å². The van der Waals surface area contributed by atoms with Crippen molar-refractivity contribution in [1.29, 1.82) is 0 Å². The van der Waals surface area contributed by atoms with Crippen molar-refractivity contribution in [2.24, 2.45) is 0 Å². The Morgan fingerprint density at radius 1 is 1.32 bits per heavy atom. The van der Waals surface area contributed by atoms with Crippen molar-refractivity contribution < 1.29 is 14.3 Å². The zero-order valence-electron chi connectivity index (χ0n) is 12.4. The first-order valence-electron chi connectivity index (χ1n) is 7.11. The second-order valence-electron chi connectivity index (χ2n) is 5.43. The predicted octanol–water partition coefficient (Wildman–Crippen LogP) is 3.34. The van der Waals surface area contributed by atoms with Gasteiger partial charge in [-0.25, -0.2) is 0 Å². The van der Waals surface area contributed by atoms with Crippen LogP contribution in [0.15, 0.2) is 30.3 Å². The second-order valence-corrected chi connectivity index (χ2v) is 5.83. The van der Waals surface area contributed by atoms with Crippen LogP contribution in [-0.2, 0) is 16.1 Å². The Kier molecular flexibility index (Phi) is 3.79. The zero-order chi connectivity index (χ0) is 15.9. The van der Waals surface area contributed by atoms with Crippen LogP contribution in [0.3, 0.4) is 0 Å². The Balaban J connectivity index is 2.06. The monoisotopic (exact) mass is 317 g/mol. The highest BCUT2D eigenvalue weighted by Gasteiger charge is 2.34. The second kappa shape index (κ2) is 5.61. The first-order chi connectivity index (χ1) is 10.5. The van der Waals surface area contributed by atoms with E-state index in [1.165, 1.54) is 7.11 Å². The number of ether oxygens (including phenoxy) is 1. The molecule has 2 aromatic rings.